The molecule has 0 spiro atoms. The Morgan fingerprint density at radius 1 is 1.00 bits per heavy atom. The van der Waals surface area contributed by atoms with E-state index >= 15 is 0 Å². The van der Waals surface area contributed by atoms with Crippen LogP contribution >= 0.6 is 0 Å². The Kier molecular flexibility index (Phi) is 5.28. The lowest BCUT2D eigenvalue weighted by Gasteiger charge is -2.08. The van der Waals surface area contributed by atoms with Crippen molar-refractivity contribution in [2.75, 3.05) is 6.54 Å². The average Bonchev–Trinajstić information content (AvgIpc) is 3.39. The van der Waals surface area contributed by atoms with Crippen molar-refractivity contribution in [3.63, 3.8) is 0 Å². The lowest BCUT2D eigenvalue weighted by atomic mass is 10.1. The van der Waals surface area contributed by atoms with Crippen molar-refractivity contribution in [1.29, 1.82) is 0 Å². The molecule has 0 saturated heterocycles. The molecular weight excluding hydrogens is 321 g/mol. The fourth-order valence-corrected chi connectivity index (χ4v) is 2.69. The number of amides is 3. The van der Waals surface area contributed by atoms with Crippen LogP contribution in [0.2, 0.25) is 0 Å². The van der Waals surface area contributed by atoms with Gasteiger partial charge < -0.3 is 16.0 Å². The molecule has 3 amide bonds. The van der Waals surface area contributed by atoms with Gasteiger partial charge in [-0.3, -0.25) is 4.79 Å². The molecule has 1 fully saturated rings. The Labute approximate surface area is 145 Å². The molecule has 2 atom stereocenters. The number of urea groups is 1. The number of hydrogen-bond donors (Lipinski definition) is 3. The van der Waals surface area contributed by atoms with E-state index in [4.69, 9.17) is 0 Å². The van der Waals surface area contributed by atoms with Crippen LogP contribution in [0.25, 0.3) is 0 Å². The normalized spacial score (nSPS) is 18.3. The summed E-state index contributed by atoms with van der Waals surface area (Å²) in [6.07, 6.45) is 0.923. The van der Waals surface area contributed by atoms with E-state index in [-0.39, 0.29) is 30.9 Å². The standard InChI is InChI=1S/C19H20FN3O2/c20-15-8-6-13(7-9-15)11-21-19(25)22-12-18(24)23-17-10-16(17)14-4-2-1-3-5-14/h1-9,16-17H,10-12H2,(H,23,24)(H2,21,22,25)/t16-,17+/m0/s1. The Morgan fingerprint density at radius 2 is 1.72 bits per heavy atom. The van der Waals surface area contributed by atoms with Gasteiger partial charge in [0.1, 0.15) is 5.82 Å². The number of hydrogen-bond acceptors (Lipinski definition) is 2. The van der Waals surface area contributed by atoms with Gasteiger partial charge in [0.2, 0.25) is 5.91 Å². The van der Waals surface area contributed by atoms with E-state index in [0.717, 1.165) is 12.0 Å². The predicted octanol–water partition coefficient (Wildman–Crippen LogP) is 2.30. The lowest BCUT2D eigenvalue weighted by molar-refractivity contribution is -0.120. The van der Waals surface area contributed by atoms with Gasteiger partial charge in [-0.05, 0) is 29.7 Å². The number of rotatable bonds is 6. The molecule has 0 aliphatic heterocycles. The lowest BCUT2D eigenvalue weighted by Crippen LogP contribution is -2.42. The summed E-state index contributed by atoms with van der Waals surface area (Å²) in [5, 5.41) is 8.06. The van der Waals surface area contributed by atoms with Crippen LogP contribution in [0.15, 0.2) is 54.6 Å². The highest BCUT2D eigenvalue weighted by molar-refractivity contribution is 5.84. The molecule has 2 aromatic rings. The number of benzene rings is 2. The van der Waals surface area contributed by atoms with Gasteiger partial charge in [0, 0.05) is 18.5 Å². The molecule has 3 rings (SSSR count). The van der Waals surface area contributed by atoms with Crippen molar-refractivity contribution in [1.82, 2.24) is 16.0 Å². The van der Waals surface area contributed by atoms with E-state index in [1.54, 1.807) is 12.1 Å². The van der Waals surface area contributed by atoms with Crippen molar-refractivity contribution in [2.45, 2.75) is 24.9 Å². The van der Waals surface area contributed by atoms with E-state index in [2.05, 4.69) is 28.1 Å². The third kappa shape index (κ3) is 5.04. The molecule has 0 unspecified atom stereocenters. The zero-order valence-electron chi connectivity index (χ0n) is 13.7. The summed E-state index contributed by atoms with van der Waals surface area (Å²) >= 11 is 0. The molecule has 3 N–H and O–H groups in total. The van der Waals surface area contributed by atoms with E-state index in [0.29, 0.717) is 5.92 Å². The molecule has 6 heteroatoms. The van der Waals surface area contributed by atoms with E-state index < -0.39 is 6.03 Å². The average molecular weight is 341 g/mol. The van der Waals surface area contributed by atoms with Crippen molar-refractivity contribution in [2.24, 2.45) is 0 Å². The van der Waals surface area contributed by atoms with Crippen molar-refractivity contribution >= 4 is 11.9 Å². The molecule has 130 valence electrons. The van der Waals surface area contributed by atoms with Crippen LogP contribution in [0.3, 0.4) is 0 Å². The second kappa shape index (κ2) is 7.79. The van der Waals surface area contributed by atoms with Gasteiger partial charge in [0.15, 0.2) is 0 Å². The van der Waals surface area contributed by atoms with Gasteiger partial charge >= 0.3 is 6.03 Å². The zero-order chi connectivity index (χ0) is 17.6. The first-order valence-corrected chi connectivity index (χ1v) is 8.22. The molecular formula is C19H20FN3O2. The summed E-state index contributed by atoms with van der Waals surface area (Å²) in [4.78, 5) is 23.6. The monoisotopic (exact) mass is 341 g/mol. The summed E-state index contributed by atoms with van der Waals surface area (Å²) in [7, 11) is 0. The predicted molar refractivity (Wildman–Crippen MR) is 92.4 cm³/mol. The Balaban J connectivity index is 1.34. The topological polar surface area (TPSA) is 70.2 Å². The first-order chi connectivity index (χ1) is 12.1. The fraction of sp³-hybridized carbons (Fsp3) is 0.263. The van der Waals surface area contributed by atoms with Crippen molar-refractivity contribution < 1.29 is 14.0 Å². The smallest absolute Gasteiger partial charge is 0.315 e. The first-order valence-electron chi connectivity index (χ1n) is 8.22. The highest BCUT2D eigenvalue weighted by Crippen LogP contribution is 2.40. The Bertz CT molecular complexity index is 734. The van der Waals surface area contributed by atoms with Crippen LogP contribution in [0, 0.1) is 5.82 Å². The molecule has 1 aliphatic carbocycles. The highest BCUT2D eigenvalue weighted by atomic mass is 19.1. The summed E-state index contributed by atoms with van der Waals surface area (Å²) in [6.45, 7) is 0.194. The molecule has 0 bridgehead atoms. The summed E-state index contributed by atoms with van der Waals surface area (Å²) in [5.74, 6) is -0.170. The minimum Gasteiger partial charge on any atom is -0.351 e. The molecule has 0 aromatic heterocycles. The van der Waals surface area contributed by atoms with Crippen LogP contribution in [0.1, 0.15) is 23.5 Å². The summed E-state index contributed by atoms with van der Waals surface area (Å²) in [6, 6.07) is 15.6. The van der Waals surface area contributed by atoms with Gasteiger partial charge in [-0.1, -0.05) is 42.5 Å². The maximum atomic E-state index is 12.8. The molecule has 1 saturated carbocycles. The minimum absolute atomic E-state index is 0.0761. The zero-order valence-corrected chi connectivity index (χ0v) is 13.7. The Morgan fingerprint density at radius 3 is 2.44 bits per heavy atom. The number of nitrogens with one attached hydrogen (secondary N) is 3. The molecule has 0 heterocycles. The molecule has 0 radical (unpaired) electrons. The largest absolute Gasteiger partial charge is 0.351 e. The van der Waals surface area contributed by atoms with Gasteiger partial charge in [-0.2, -0.15) is 0 Å². The Hall–Kier alpha value is -2.89. The van der Waals surface area contributed by atoms with Crippen molar-refractivity contribution in [3.8, 4) is 0 Å². The van der Waals surface area contributed by atoms with Crippen LogP contribution in [0.5, 0.6) is 0 Å². The highest BCUT2D eigenvalue weighted by Gasteiger charge is 2.39. The second-order valence-corrected chi connectivity index (χ2v) is 6.09. The third-order valence-electron chi connectivity index (χ3n) is 4.14. The quantitative estimate of drug-likeness (QED) is 0.754. The molecule has 1 aliphatic rings. The molecule has 25 heavy (non-hydrogen) atoms. The van der Waals surface area contributed by atoms with Gasteiger partial charge in [-0.15, -0.1) is 0 Å². The van der Waals surface area contributed by atoms with E-state index in [1.807, 2.05) is 18.2 Å². The fourth-order valence-electron chi connectivity index (χ4n) is 2.69. The summed E-state index contributed by atoms with van der Waals surface area (Å²) < 4.78 is 12.8. The number of carbonyl (C=O) groups is 2. The number of halogens is 1. The maximum absolute atomic E-state index is 12.8. The minimum atomic E-state index is -0.435. The van der Waals surface area contributed by atoms with E-state index in [9.17, 15) is 14.0 Å². The second-order valence-electron chi connectivity index (χ2n) is 6.09. The molecule has 2 aromatic carbocycles. The van der Waals surface area contributed by atoms with Crippen LogP contribution in [0.4, 0.5) is 9.18 Å². The van der Waals surface area contributed by atoms with Crippen LogP contribution in [-0.2, 0) is 11.3 Å². The van der Waals surface area contributed by atoms with Gasteiger partial charge in [0.25, 0.3) is 0 Å². The SMILES string of the molecule is O=C(CNC(=O)NCc1ccc(F)cc1)N[C@@H]1C[C@H]1c1ccccc1. The first kappa shape index (κ1) is 17.0. The van der Waals surface area contributed by atoms with Crippen LogP contribution < -0.4 is 16.0 Å². The third-order valence-corrected chi connectivity index (χ3v) is 4.14. The van der Waals surface area contributed by atoms with Crippen molar-refractivity contribution in [3.05, 3.63) is 71.5 Å². The maximum Gasteiger partial charge on any atom is 0.315 e. The summed E-state index contributed by atoms with van der Waals surface area (Å²) in [5.41, 5.74) is 2.00. The number of carbonyl (C=O) groups excluding carboxylic acids is 2. The van der Waals surface area contributed by atoms with E-state index in [1.165, 1.54) is 17.7 Å². The van der Waals surface area contributed by atoms with Gasteiger partial charge in [-0.25, -0.2) is 9.18 Å². The van der Waals surface area contributed by atoms with Crippen LogP contribution in [-0.4, -0.2) is 24.5 Å². The van der Waals surface area contributed by atoms with Gasteiger partial charge in [0.05, 0.1) is 6.54 Å². The molecule has 5 nitrogen and oxygen atoms in total.